The molecule has 2 aromatic rings. The molecule has 30 heavy (non-hydrogen) atoms. The molecule has 11 heteroatoms. The van der Waals surface area contributed by atoms with Gasteiger partial charge in [0.2, 0.25) is 11.8 Å². The van der Waals surface area contributed by atoms with E-state index in [0.29, 0.717) is 11.3 Å². The SMILES string of the molecule is CCOc1nc(OCC(F)(F)F)ccc1CNC(=O)c1cc(C)nc(CC(C)=O)n1. The van der Waals surface area contributed by atoms with Crippen LogP contribution in [0.25, 0.3) is 0 Å². The lowest BCUT2D eigenvalue weighted by atomic mass is 10.2. The first-order valence-electron chi connectivity index (χ1n) is 9.02. The van der Waals surface area contributed by atoms with Crippen molar-refractivity contribution in [2.75, 3.05) is 13.2 Å². The Morgan fingerprint density at radius 1 is 1.13 bits per heavy atom. The number of amides is 1. The number of rotatable bonds is 9. The summed E-state index contributed by atoms with van der Waals surface area (Å²) in [5.74, 6) is -0.590. The lowest BCUT2D eigenvalue weighted by molar-refractivity contribution is -0.154. The molecule has 0 aliphatic rings. The molecule has 0 atom stereocenters. The minimum atomic E-state index is -4.49. The van der Waals surface area contributed by atoms with Crippen LogP contribution in [0.4, 0.5) is 13.2 Å². The molecule has 2 aromatic heterocycles. The molecule has 0 aliphatic heterocycles. The number of ketones is 1. The number of Topliss-reactive ketones (excluding diaryl/α,β-unsaturated/α-hetero) is 1. The highest BCUT2D eigenvalue weighted by atomic mass is 19.4. The third-order valence-electron chi connectivity index (χ3n) is 3.56. The number of hydrogen-bond donors (Lipinski definition) is 1. The van der Waals surface area contributed by atoms with E-state index in [9.17, 15) is 22.8 Å². The van der Waals surface area contributed by atoms with Crippen LogP contribution >= 0.6 is 0 Å². The van der Waals surface area contributed by atoms with Crippen molar-refractivity contribution in [1.29, 1.82) is 0 Å². The van der Waals surface area contributed by atoms with E-state index in [1.165, 1.54) is 25.1 Å². The second-order valence-electron chi connectivity index (χ2n) is 6.32. The molecular formula is C19H21F3N4O4. The summed E-state index contributed by atoms with van der Waals surface area (Å²) in [6, 6.07) is 4.20. The number of alkyl halides is 3. The molecule has 2 heterocycles. The van der Waals surface area contributed by atoms with Crippen LogP contribution in [-0.4, -0.2) is 46.0 Å². The summed E-state index contributed by atoms with van der Waals surface area (Å²) in [5.41, 5.74) is 1.07. The van der Waals surface area contributed by atoms with E-state index in [0.717, 1.165) is 0 Å². The molecule has 0 aliphatic carbocycles. The summed E-state index contributed by atoms with van der Waals surface area (Å²) in [4.78, 5) is 35.9. The van der Waals surface area contributed by atoms with Gasteiger partial charge in [-0.25, -0.2) is 9.97 Å². The van der Waals surface area contributed by atoms with Crippen molar-refractivity contribution in [2.24, 2.45) is 0 Å². The number of aryl methyl sites for hydroxylation is 1. The number of carbonyl (C=O) groups excluding carboxylic acids is 2. The van der Waals surface area contributed by atoms with Crippen LogP contribution in [0.15, 0.2) is 18.2 Å². The predicted octanol–water partition coefficient (Wildman–Crippen LogP) is 2.58. The maximum atomic E-state index is 12.5. The molecule has 0 saturated carbocycles. The first kappa shape index (κ1) is 23.0. The first-order chi connectivity index (χ1) is 14.1. The summed E-state index contributed by atoms with van der Waals surface area (Å²) in [6.07, 6.45) is -4.48. The molecule has 0 unspecified atom stereocenters. The van der Waals surface area contributed by atoms with Gasteiger partial charge < -0.3 is 14.8 Å². The second-order valence-corrected chi connectivity index (χ2v) is 6.32. The van der Waals surface area contributed by atoms with Gasteiger partial charge in [0.05, 0.1) is 13.0 Å². The van der Waals surface area contributed by atoms with Crippen LogP contribution in [0.2, 0.25) is 0 Å². The maximum Gasteiger partial charge on any atom is 0.422 e. The fourth-order valence-electron chi connectivity index (χ4n) is 2.40. The summed E-state index contributed by atoms with van der Waals surface area (Å²) in [6.45, 7) is 3.50. The van der Waals surface area contributed by atoms with Crippen LogP contribution in [-0.2, 0) is 17.8 Å². The lowest BCUT2D eigenvalue weighted by Crippen LogP contribution is -2.25. The van der Waals surface area contributed by atoms with E-state index in [4.69, 9.17) is 4.74 Å². The van der Waals surface area contributed by atoms with Crippen molar-refractivity contribution in [3.8, 4) is 11.8 Å². The third-order valence-corrected chi connectivity index (χ3v) is 3.56. The fourth-order valence-corrected chi connectivity index (χ4v) is 2.40. The predicted molar refractivity (Wildman–Crippen MR) is 99.3 cm³/mol. The van der Waals surface area contributed by atoms with Crippen LogP contribution in [0.1, 0.15) is 41.4 Å². The van der Waals surface area contributed by atoms with Gasteiger partial charge in [-0.15, -0.1) is 0 Å². The summed E-state index contributed by atoms with van der Waals surface area (Å²) >= 11 is 0. The Kier molecular flexibility index (Phi) is 7.67. The number of nitrogens with one attached hydrogen (secondary N) is 1. The minimum Gasteiger partial charge on any atom is -0.478 e. The Hall–Kier alpha value is -3.24. The van der Waals surface area contributed by atoms with E-state index >= 15 is 0 Å². The van der Waals surface area contributed by atoms with E-state index in [1.807, 2.05) is 0 Å². The molecule has 8 nitrogen and oxygen atoms in total. The van der Waals surface area contributed by atoms with Crippen LogP contribution in [0.3, 0.4) is 0 Å². The Labute approximate surface area is 170 Å². The van der Waals surface area contributed by atoms with Crippen LogP contribution in [0.5, 0.6) is 11.8 Å². The van der Waals surface area contributed by atoms with Gasteiger partial charge in [-0.1, -0.05) is 0 Å². The molecule has 1 N–H and O–H groups in total. The lowest BCUT2D eigenvalue weighted by Gasteiger charge is -2.13. The topological polar surface area (TPSA) is 103 Å². The van der Waals surface area contributed by atoms with Crippen molar-refractivity contribution >= 4 is 11.7 Å². The minimum absolute atomic E-state index is 0.00813. The molecule has 0 spiro atoms. The molecule has 1 amide bonds. The van der Waals surface area contributed by atoms with Gasteiger partial charge in [0.1, 0.15) is 17.3 Å². The average molecular weight is 426 g/mol. The summed E-state index contributed by atoms with van der Waals surface area (Å²) in [7, 11) is 0. The van der Waals surface area contributed by atoms with E-state index < -0.39 is 18.7 Å². The third kappa shape index (κ3) is 7.30. The summed E-state index contributed by atoms with van der Waals surface area (Å²) < 4.78 is 46.9. The Morgan fingerprint density at radius 2 is 1.87 bits per heavy atom. The Morgan fingerprint density at radius 3 is 2.50 bits per heavy atom. The molecule has 0 bridgehead atoms. The molecule has 0 aromatic carbocycles. The van der Waals surface area contributed by atoms with Gasteiger partial charge in [0.15, 0.2) is 6.61 Å². The normalized spacial score (nSPS) is 11.1. The number of halogens is 3. The molecule has 0 radical (unpaired) electrons. The zero-order valence-electron chi connectivity index (χ0n) is 16.7. The van der Waals surface area contributed by atoms with Gasteiger partial charge in [0, 0.05) is 23.9 Å². The zero-order valence-corrected chi connectivity index (χ0v) is 16.7. The van der Waals surface area contributed by atoms with Crippen molar-refractivity contribution in [1.82, 2.24) is 20.3 Å². The molecule has 0 fully saturated rings. The van der Waals surface area contributed by atoms with Crippen molar-refractivity contribution in [3.63, 3.8) is 0 Å². The first-order valence-corrected chi connectivity index (χ1v) is 9.02. The van der Waals surface area contributed by atoms with Gasteiger partial charge in [-0.05, 0) is 32.9 Å². The highest BCUT2D eigenvalue weighted by Crippen LogP contribution is 2.22. The van der Waals surface area contributed by atoms with Gasteiger partial charge in [0.25, 0.3) is 5.91 Å². The molecule has 162 valence electrons. The van der Waals surface area contributed by atoms with E-state index in [2.05, 4.69) is 25.0 Å². The van der Waals surface area contributed by atoms with Gasteiger partial charge in [-0.3, -0.25) is 9.59 Å². The van der Waals surface area contributed by atoms with Crippen molar-refractivity contribution in [2.45, 2.75) is 39.9 Å². The number of hydrogen-bond acceptors (Lipinski definition) is 7. The van der Waals surface area contributed by atoms with E-state index in [1.54, 1.807) is 13.8 Å². The van der Waals surface area contributed by atoms with Crippen LogP contribution in [0, 0.1) is 6.92 Å². The number of ether oxygens (including phenoxy) is 2. The number of nitrogens with zero attached hydrogens (tertiary/aromatic N) is 3. The summed E-state index contributed by atoms with van der Waals surface area (Å²) in [5, 5.41) is 2.64. The smallest absolute Gasteiger partial charge is 0.422 e. The average Bonchev–Trinajstić information content (AvgIpc) is 2.64. The number of carbonyl (C=O) groups is 2. The number of pyridine rings is 1. The Bertz CT molecular complexity index is 919. The van der Waals surface area contributed by atoms with E-state index in [-0.39, 0.29) is 48.6 Å². The standard InChI is InChI=1S/C19H21F3N4O4/c1-4-29-18-13(5-6-16(26-18)30-10-19(20,21)22)9-23-17(28)14-7-11(2)24-15(25-14)8-12(3)27/h5-7H,4,8-10H2,1-3H3,(H,23,28). The van der Waals surface area contributed by atoms with Crippen molar-refractivity contribution in [3.05, 3.63) is 41.0 Å². The molecule has 0 saturated heterocycles. The van der Waals surface area contributed by atoms with Gasteiger partial charge in [-0.2, -0.15) is 18.2 Å². The highest BCUT2D eigenvalue weighted by Gasteiger charge is 2.28. The molecular weight excluding hydrogens is 405 g/mol. The monoisotopic (exact) mass is 426 g/mol. The van der Waals surface area contributed by atoms with Gasteiger partial charge >= 0.3 is 6.18 Å². The largest absolute Gasteiger partial charge is 0.478 e. The second kappa shape index (κ2) is 9.99. The fraction of sp³-hybridized carbons (Fsp3) is 0.421. The Balaban J connectivity index is 2.11. The zero-order chi connectivity index (χ0) is 22.3. The maximum absolute atomic E-state index is 12.5. The number of aromatic nitrogens is 3. The quantitative estimate of drug-likeness (QED) is 0.657. The van der Waals surface area contributed by atoms with Crippen LogP contribution < -0.4 is 14.8 Å². The highest BCUT2D eigenvalue weighted by molar-refractivity contribution is 5.92. The molecule has 2 rings (SSSR count). The van der Waals surface area contributed by atoms with Crippen molar-refractivity contribution < 1.29 is 32.2 Å².